The van der Waals surface area contributed by atoms with E-state index in [0.717, 1.165) is 17.0 Å². The average Bonchev–Trinajstić information content (AvgIpc) is 3.25. The van der Waals surface area contributed by atoms with Crippen LogP contribution in [-0.2, 0) is 9.53 Å². The van der Waals surface area contributed by atoms with Gasteiger partial charge in [0.25, 0.3) is 5.91 Å². The number of urea groups is 1. The van der Waals surface area contributed by atoms with Gasteiger partial charge in [0.15, 0.2) is 18.0 Å². The highest BCUT2D eigenvalue weighted by Crippen LogP contribution is 2.34. The van der Waals surface area contributed by atoms with Crippen molar-refractivity contribution in [2.24, 2.45) is 4.99 Å². The summed E-state index contributed by atoms with van der Waals surface area (Å²) in [7, 11) is 3.25. The lowest BCUT2D eigenvalue weighted by atomic mass is 10.1. The van der Waals surface area contributed by atoms with Crippen LogP contribution in [0.1, 0.15) is 23.7 Å². The first-order valence-electron chi connectivity index (χ1n) is 10.0. The number of hydrogen-bond acceptors (Lipinski definition) is 7. The second-order valence-electron chi connectivity index (χ2n) is 7.71. The number of rotatable bonds is 7. The number of guanidine groups is 1. The van der Waals surface area contributed by atoms with Crippen molar-refractivity contribution < 1.29 is 19.1 Å². The van der Waals surface area contributed by atoms with Gasteiger partial charge in [0.05, 0.1) is 6.54 Å². The number of imide groups is 1. The fourth-order valence-electron chi connectivity index (χ4n) is 4.06. The Hall–Kier alpha value is -2.91. The zero-order valence-corrected chi connectivity index (χ0v) is 18.4. The third-order valence-corrected chi connectivity index (χ3v) is 5.95. The van der Waals surface area contributed by atoms with E-state index in [1.165, 1.54) is 4.90 Å². The van der Waals surface area contributed by atoms with Gasteiger partial charge in [0, 0.05) is 49.8 Å². The summed E-state index contributed by atoms with van der Waals surface area (Å²) in [6.45, 7) is 2.92. The maximum atomic E-state index is 13.3. The molecule has 0 spiro atoms. The second-order valence-corrected chi connectivity index (χ2v) is 8.15. The predicted octanol–water partition coefficient (Wildman–Crippen LogP) is 2.00. The van der Waals surface area contributed by atoms with Gasteiger partial charge >= 0.3 is 6.03 Å². The van der Waals surface area contributed by atoms with Gasteiger partial charge in [-0.05, 0) is 37.6 Å². The zero-order chi connectivity index (χ0) is 22.3. The highest BCUT2D eigenvalue weighted by Gasteiger charge is 2.54. The Morgan fingerprint density at radius 1 is 1.19 bits per heavy atom. The molecule has 1 fully saturated rings. The Bertz CT molecular complexity index is 976. The molecule has 0 N–H and O–H groups in total. The van der Waals surface area contributed by atoms with Crippen LogP contribution in [0.25, 0.3) is 0 Å². The summed E-state index contributed by atoms with van der Waals surface area (Å²) in [4.78, 5) is 49.9. The minimum atomic E-state index is -0.696. The monoisotopic (exact) mass is 445 g/mol. The number of Topliss-reactive ketones (excluding diaryl/α,β-unsaturated/α-hetero) is 1. The van der Waals surface area contributed by atoms with E-state index in [-0.39, 0.29) is 12.3 Å². The van der Waals surface area contributed by atoms with Crippen LogP contribution in [0, 0.1) is 0 Å². The van der Waals surface area contributed by atoms with Crippen LogP contribution in [-0.4, -0.2) is 89.3 Å². The molecule has 1 aromatic carbocycles. The molecule has 0 aromatic heterocycles. The first-order chi connectivity index (χ1) is 14.8. The number of methoxy groups -OCH3 is 1. The van der Waals surface area contributed by atoms with Crippen molar-refractivity contribution in [3.8, 4) is 0 Å². The Balaban J connectivity index is 1.54. The van der Waals surface area contributed by atoms with E-state index in [4.69, 9.17) is 16.3 Å². The quantitative estimate of drug-likeness (QED) is 0.471. The minimum absolute atomic E-state index is 0.335. The topological polar surface area (TPSA) is 85.8 Å². The maximum Gasteiger partial charge on any atom is 0.328 e. The van der Waals surface area contributed by atoms with E-state index >= 15 is 0 Å². The molecule has 31 heavy (non-hydrogen) atoms. The SMILES string of the molecule is COCCCN1C(C)=CN2C1=NC1C2C(=O)N(CC(=O)c2ccc(Cl)cc2)C(=O)N1C. The molecule has 3 aliphatic rings. The largest absolute Gasteiger partial charge is 0.385 e. The van der Waals surface area contributed by atoms with Crippen LogP contribution in [0.15, 0.2) is 41.2 Å². The molecular weight excluding hydrogens is 422 g/mol. The van der Waals surface area contributed by atoms with E-state index in [1.54, 1.807) is 43.3 Å². The van der Waals surface area contributed by atoms with Crippen molar-refractivity contribution in [1.82, 2.24) is 19.6 Å². The summed E-state index contributed by atoms with van der Waals surface area (Å²) in [6.07, 6.45) is 2.04. The minimum Gasteiger partial charge on any atom is -0.385 e. The summed E-state index contributed by atoms with van der Waals surface area (Å²) < 4.78 is 5.13. The highest BCUT2D eigenvalue weighted by molar-refractivity contribution is 6.30. The van der Waals surface area contributed by atoms with Crippen LogP contribution in [0.4, 0.5) is 4.79 Å². The first kappa shape index (κ1) is 21.3. The number of benzene rings is 1. The van der Waals surface area contributed by atoms with Crippen molar-refractivity contribution in [3.63, 3.8) is 0 Å². The van der Waals surface area contributed by atoms with Crippen LogP contribution in [0.2, 0.25) is 5.02 Å². The molecule has 0 aliphatic carbocycles. The third-order valence-electron chi connectivity index (χ3n) is 5.70. The fourth-order valence-corrected chi connectivity index (χ4v) is 4.19. The van der Waals surface area contributed by atoms with E-state index < -0.39 is 24.1 Å². The Kier molecular flexibility index (Phi) is 5.72. The molecule has 164 valence electrons. The summed E-state index contributed by atoms with van der Waals surface area (Å²) in [5.74, 6) is -0.127. The maximum absolute atomic E-state index is 13.3. The van der Waals surface area contributed by atoms with Crippen LogP contribution < -0.4 is 0 Å². The number of fused-ring (bicyclic) bond motifs is 3. The molecule has 1 saturated heterocycles. The Morgan fingerprint density at radius 2 is 1.90 bits per heavy atom. The number of carbonyl (C=O) groups is 3. The summed E-state index contributed by atoms with van der Waals surface area (Å²) in [5, 5.41) is 0.506. The number of halogens is 1. The normalized spacial score (nSPS) is 22.6. The molecule has 3 amide bonds. The zero-order valence-electron chi connectivity index (χ0n) is 17.6. The summed E-state index contributed by atoms with van der Waals surface area (Å²) in [5.41, 5.74) is 1.35. The molecule has 1 aromatic rings. The molecule has 10 heteroatoms. The molecule has 4 rings (SSSR count). The number of aliphatic imine (C=N–C) groups is 1. The number of nitrogens with zero attached hydrogens (tertiary/aromatic N) is 5. The van der Waals surface area contributed by atoms with Crippen molar-refractivity contribution in [1.29, 1.82) is 0 Å². The number of amides is 3. The third kappa shape index (κ3) is 3.68. The lowest BCUT2D eigenvalue weighted by Crippen LogP contribution is -2.64. The smallest absolute Gasteiger partial charge is 0.328 e. The average molecular weight is 446 g/mol. The van der Waals surface area contributed by atoms with Crippen molar-refractivity contribution in [2.45, 2.75) is 25.6 Å². The van der Waals surface area contributed by atoms with Gasteiger partial charge in [-0.25, -0.2) is 9.79 Å². The molecule has 3 aliphatic heterocycles. The molecule has 0 bridgehead atoms. The second kappa shape index (κ2) is 8.32. The van der Waals surface area contributed by atoms with Crippen molar-refractivity contribution in [3.05, 3.63) is 46.7 Å². The van der Waals surface area contributed by atoms with Crippen LogP contribution >= 0.6 is 11.6 Å². The number of hydrogen-bond donors (Lipinski definition) is 0. The van der Waals surface area contributed by atoms with Crippen LogP contribution in [0.3, 0.4) is 0 Å². The van der Waals surface area contributed by atoms with Gasteiger partial charge in [-0.15, -0.1) is 0 Å². The van der Waals surface area contributed by atoms with Gasteiger partial charge in [0.2, 0.25) is 5.96 Å². The molecular formula is C21H24ClN5O4. The van der Waals surface area contributed by atoms with Gasteiger partial charge in [-0.1, -0.05) is 11.6 Å². The number of allylic oxidation sites excluding steroid dienone is 1. The number of ketones is 1. The number of likely N-dealkylation sites (N-methyl/N-ethyl adjacent to an activating group) is 1. The van der Waals surface area contributed by atoms with E-state index in [9.17, 15) is 14.4 Å². The predicted molar refractivity (Wildman–Crippen MR) is 114 cm³/mol. The summed E-state index contributed by atoms with van der Waals surface area (Å²) in [6, 6.07) is 5.13. The van der Waals surface area contributed by atoms with Crippen molar-refractivity contribution >= 4 is 35.3 Å². The van der Waals surface area contributed by atoms with Gasteiger partial charge in [-0.2, -0.15) is 0 Å². The van der Waals surface area contributed by atoms with Crippen molar-refractivity contribution in [2.75, 3.05) is 33.9 Å². The number of ether oxygens (including phenoxy) is 1. The molecule has 0 saturated carbocycles. The summed E-state index contributed by atoms with van der Waals surface area (Å²) >= 11 is 5.88. The van der Waals surface area contributed by atoms with Gasteiger partial charge in [0.1, 0.15) is 0 Å². The number of carbonyl (C=O) groups excluding carboxylic acids is 3. The molecule has 0 radical (unpaired) electrons. The van der Waals surface area contributed by atoms with E-state index in [1.807, 2.05) is 18.0 Å². The Labute approximate surface area is 185 Å². The molecule has 2 atom stereocenters. The fraction of sp³-hybridized carbons (Fsp3) is 0.429. The first-order valence-corrected chi connectivity index (χ1v) is 10.4. The van der Waals surface area contributed by atoms with E-state index in [0.29, 0.717) is 29.7 Å². The van der Waals surface area contributed by atoms with Gasteiger partial charge in [-0.3, -0.25) is 14.5 Å². The lowest BCUT2D eigenvalue weighted by molar-refractivity contribution is -0.136. The highest BCUT2D eigenvalue weighted by atomic mass is 35.5. The molecule has 9 nitrogen and oxygen atoms in total. The Morgan fingerprint density at radius 3 is 2.58 bits per heavy atom. The standard InChI is InChI=1S/C21H24ClN5O4/c1-13-11-26-17-18(23-20(26)25(13)9-4-10-31-3)24(2)21(30)27(19(17)29)12-16(28)14-5-7-15(22)8-6-14/h5-8,11,17-18H,4,9-10,12H2,1-3H3. The van der Waals surface area contributed by atoms with Crippen LogP contribution in [0.5, 0.6) is 0 Å². The molecule has 2 unspecified atom stereocenters. The lowest BCUT2D eigenvalue weighted by Gasteiger charge is -2.39. The molecule has 3 heterocycles. The van der Waals surface area contributed by atoms with Gasteiger partial charge < -0.3 is 19.4 Å². The van der Waals surface area contributed by atoms with E-state index in [2.05, 4.69) is 4.99 Å².